The van der Waals surface area contributed by atoms with E-state index in [4.69, 9.17) is 10.2 Å². The second-order valence-electron chi connectivity index (χ2n) is 5.97. The van der Waals surface area contributed by atoms with E-state index < -0.39 is 5.41 Å². The molecule has 0 aromatic rings. The molecule has 0 fully saturated rings. The van der Waals surface area contributed by atoms with Gasteiger partial charge in [-0.1, -0.05) is 6.92 Å². The van der Waals surface area contributed by atoms with E-state index in [0.717, 1.165) is 0 Å². The van der Waals surface area contributed by atoms with Crippen molar-refractivity contribution in [3.05, 3.63) is 0 Å². The van der Waals surface area contributed by atoms with Gasteiger partial charge in [-0.05, 0) is 27.7 Å². The van der Waals surface area contributed by atoms with Crippen LogP contribution < -0.4 is 10.6 Å². The molecular formula is C12H26N2O3. The molecule has 0 radical (unpaired) electrons. The number of aliphatic hydroxyl groups is 2. The smallest absolute Gasteiger partial charge is 0.237 e. The van der Waals surface area contributed by atoms with Crippen LogP contribution >= 0.6 is 0 Å². The Morgan fingerprint density at radius 3 is 2.00 bits per heavy atom. The van der Waals surface area contributed by atoms with Crippen LogP contribution in [0.3, 0.4) is 0 Å². The van der Waals surface area contributed by atoms with E-state index in [-0.39, 0.29) is 30.7 Å². The topological polar surface area (TPSA) is 81.6 Å². The Morgan fingerprint density at radius 2 is 1.65 bits per heavy atom. The second-order valence-corrected chi connectivity index (χ2v) is 5.97. The first-order chi connectivity index (χ1) is 7.63. The summed E-state index contributed by atoms with van der Waals surface area (Å²) in [5.74, 6) is -0.0873. The van der Waals surface area contributed by atoms with Gasteiger partial charge in [0, 0.05) is 17.5 Å². The predicted molar refractivity (Wildman–Crippen MR) is 67.6 cm³/mol. The van der Waals surface area contributed by atoms with Crippen LogP contribution in [-0.4, -0.2) is 47.5 Å². The van der Waals surface area contributed by atoms with Crippen molar-refractivity contribution >= 4 is 5.91 Å². The number of hydrogen-bond acceptors (Lipinski definition) is 4. The first-order valence-corrected chi connectivity index (χ1v) is 5.91. The lowest BCUT2D eigenvalue weighted by molar-refractivity contribution is -0.124. The summed E-state index contributed by atoms with van der Waals surface area (Å²) in [6.07, 6.45) is 0. The van der Waals surface area contributed by atoms with Gasteiger partial charge in [-0.2, -0.15) is 0 Å². The van der Waals surface area contributed by atoms with Crippen molar-refractivity contribution in [2.24, 2.45) is 5.41 Å². The summed E-state index contributed by atoms with van der Waals surface area (Å²) < 4.78 is 0. The highest BCUT2D eigenvalue weighted by atomic mass is 16.3. The summed E-state index contributed by atoms with van der Waals surface area (Å²) >= 11 is 0. The molecule has 1 amide bonds. The zero-order valence-electron chi connectivity index (χ0n) is 11.5. The molecule has 0 aliphatic heterocycles. The van der Waals surface area contributed by atoms with Gasteiger partial charge in [-0.15, -0.1) is 0 Å². The van der Waals surface area contributed by atoms with Gasteiger partial charge in [0.25, 0.3) is 0 Å². The Hall–Kier alpha value is -0.650. The summed E-state index contributed by atoms with van der Waals surface area (Å²) in [5, 5.41) is 24.1. The minimum Gasteiger partial charge on any atom is -0.396 e. The van der Waals surface area contributed by atoms with Crippen molar-refractivity contribution in [2.75, 3.05) is 19.8 Å². The Balaban J connectivity index is 4.18. The molecular weight excluding hydrogens is 220 g/mol. The van der Waals surface area contributed by atoms with E-state index in [2.05, 4.69) is 10.6 Å². The fourth-order valence-electron chi connectivity index (χ4n) is 1.13. The normalized spacial score (nSPS) is 14.5. The fourth-order valence-corrected chi connectivity index (χ4v) is 1.13. The lowest BCUT2D eigenvalue weighted by Gasteiger charge is -2.28. The molecule has 5 nitrogen and oxygen atoms in total. The van der Waals surface area contributed by atoms with Gasteiger partial charge < -0.3 is 20.8 Å². The van der Waals surface area contributed by atoms with Crippen molar-refractivity contribution in [2.45, 2.75) is 46.2 Å². The summed E-state index contributed by atoms with van der Waals surface area (Å²) in [5.41, 5.74) is -0.861. The molecule has 0 aromatic heterocycles. The van der Waals surface area contributed by atoms with Gasteiger partial charge in [-0.25, -0.2) is 0 Å². The predicted octanol–water partition coefficient (Wildman–Crippen LogP) is -0.130. The first-order valence-electron chi connectivity index (χ1n) is 5.91. The Kier molecular flexibility index (Phi) is 6.09. The molecule has 0 saturated heterocycles. The first kappa shape index (κ1) is 16.4. The summed E-state index contributed by atoms with van der Waals surface area (Å²) in [4.78, 5) is 11.8. The highest BCUT2D eigenvalue weighted by Crippen LogP contribution is 2.12. The van der Waals surface area contributed by atoms with Gasteiger partial charge >= 0.3 is 0 Å². The van der Waals surface area contributed by atoms with Crippen LogP contribution in [0.4, 0.5) is 0 Å². The molecule has 0 heterocycles. The average Bonchev–Trinajstić information content (AvgIpc) is 2.23. The van der Waals surface area contributed by atoms with E-state index in [9.17, 15) is 4.79 Å². The molecule has 17 heavy (non-hydrogen) atoms. The largest absolute Gasteiger partial charge is 0.396 e. The van der Waals surface area contributed by atoms with Gasteiger partial charge in [0.15, 0.2) is 0 Å². The molecule has 0 saturated carbocycles. The number of aliphatic hydroxyl groups excluding tert-OH is 2. The van der Waals surface area contributed by atoms with Crippen molar-refractivity contribution < 1.29 is 15.0 Å². The van der Waals surface area contributed by atoms with Crippen LogP contribution in [0.15, 0.2) is 0 Å². The SMILES string of the molecule is CC(NCC(C)(CO)CO)C(=O)NC(C)(C)C. The summed E-state index contributed by atoms with van der Waals surface area (Å²) in [6, 6.07) is -0.355. The van der Waals surface area contributed by atoms with E-state index >= 15 is 0 Å². The molecule has 5 heteroatoms. The Morgan fingerprint density at radius 1 is 1.18 bits per heavy atom. The molecule has 4 N–H and O–H groups in total. The maximum Gasteiger partial charge on any atom is 0.237 e. The third kappa shape index (κ3) is 6.61. The molecule has 1 atom stereocenters. The molecule has 1 unspecified atom stereocenters. The third-order valence-corrected chi connectivity index (χ3v) is 2.49. The van der Waals surface area contributed by atoms with Gasteiger partial charge in [-0.3, -0.25) is 4.79 Å². The minimum atomic E-state index is -0.601. The highest BCUT2D eigenvalue weighted by Gasteiger charge is 2.25. The van der Waals surface area contributed by atoms with E-state index in [1.165, 1.54) is 0 Å². The number of amides is 1. The molecule has 0 aliphatic carbocycles. The lowest BCUT2D eigenvalue weighted by Crippen LogP contribution is -2.52. The lowest BCUT2D eigenvalue weighted by atomic mass is 9.93. The van der Waals surface area contributed by atoms with Crippen LogP contribution in [0.2, 0.25) is 0 Å². The Labute approximate surface area is 104 Å². The van der Waals surface area contributed by atoms with Gasteiger partial charge in [0.05, 0.1) is 19.3 Å². The maximum absolute atomic E-state index is 11.8. The number of nitrogens with one attached hydrogen (secondary N) is 2. The molecule has 0 aromatic carbocycles. The minimum absolute atomic E-state index is 0.0873. The monoisotopic (exact) mass is 246 g/mol. The molecule has 0 rings (SSSR count). The standard InChI is InChI=1S/C12H26N2O3/c1-9(10(17)14-11(2,3)4)13-6-12(5,7-15)8-16/h9,13,15-16H,6-8H2,1-5H3,(H,14,17). The van der Waals surface area contributed by atoms with Crippen LogP contribution in [-0.2, 0) is 4.79 Å². The maximum atomic E-state index is 11.8. The quantitative estimate of drug-likeness (QED) is 0.526. The van der Waals surface area contributed by atoms with Crippen molar-refractivity contribution in [1.82, 2.24) is 10.6 Å². The zero-order chi connectivity index (χ0) is 13.7. The molecule has 0 spiro atoms. The second kappa shape index (κ2) is 6.33. The molecule has 102 valence electrons. The highest BCUT2D eigenvalue weighted by molar-refractivity contribution is 5.81. The number of carbonyl (C=O) groups is 1. The summed E-state index contributed by atoms with van der Waals surface area (Å²) in [7, 11) is 0. The summed E-state index contributed by atoms with van der Waals surface area (Å²) in [6.45, 7) is 9.42. The number of carbonyl (C=O) groups excluding carboxylic acids is 1. The zero-order valence-corrected chi connectivity index (χ0v) is 11.5. The average molecular weight is 246 g/mol. The van der Waals surface area contributed by atoms with Crippen molar-refractivity contribution in [1.29, 1.82) is 0 Å². The van der Waals surface area contributed by atoms with E-state index in [1.54, 1.807) is 13.8 Å². The van der Waals surface area contributed by atoms with Crippen molar-refractivity contribution in [3.8, 4) is 0 Å². The van der Waals surface area contributed by atoms with Crippen LogP contribution in [0.25, 0.3) is 0 Å². The van der Waals surface area contributed by atoms with Crippen LogP contribution in [0.1, 0.15) is 34.6 Å². The third-order valence-electron chi connectivity index (χ3n) is 2.49. The Bertz CT molecular complexity index is 245. The number of hydrogen-bond donors (Lipinski definition) is 4. The van der Waals surface area contributed by atoms with Crippen LogP contribution in [0.5, 0.6) is 0 Å². The van der Waals surface area contributed by atoms with E-state index in [1.807, 2.05) is 20.8 Å². The number of rotatable bonds is 6. The molecule has 0 bridgehead atoms. The van der Waals surface area contributed by atoms with E-state index in [0.29, 0.717) is 6.54 Å². The van der Waals surface area contributed by atoms with Gasteiger partial charge in [0.2, 0.25) is 5.91 Å². The van der Waals surface area contributed by atoms with Crippen molar-refractivity contribution in [3.63, 3.8) is 0 Å². The van der Waals surface area contributed by atoms with Gasteiger partial charge in [0.1, 0.15) is 0 Å². The van der Waals surface area contributed by atoms with Crippen LogP contribution in [0, 0.1) is 5.41 Å². The fraction of sp³-hybridized carbons (Fsp3) is 0.917. The molecule has 0 aliphatic rings.